The van der Waals surface area contributed by atoms with E-state index in [4.69, 9.17) is 0 Å². The molecule has 0 aromatic heterocycles. The number of rotatable bonds is 5. The van der Waals surface area contributed by atoms with Gasteiger partial charge in [0.25, 0.3) is 0 Å². The van der Waals surface area contributed by atoms with Crippen LogP contribution in [0.1, 0.15) is 84.5 Å². The second-order valence-electron chi connectivity index (χ2n) is 5.96. The van der Waals surface area contributed by atoms with Crippen molar-refractivity contribution in [3.63, 3.8) is 0 Å². The molecule has 0 amide bonds. The lowest BCUT2D eigenvalue weighted by Crippen LogP contribution is -2.39. The van der Waals surface area contributed by atoms with E-state index in [1.807, 2.05) is 0 Å². The Hall–Kier alpha value is 0.310. The maximum Gasteiger partial charge on any atom is 0.0201 e. The molecular formula is C17H35NS. The van der Waals surface area contributed by atoms with Crippen LogP contribution in [-0.2, 0) is 0 Å². The molecule has 0 aromatic carbocycles. The summed E-state index contributed by atoms with van der Waals surface area (Å²) in [5, 5.41) is 4.69. The van der Waals surface area contributed by atoms with E-state index in [2.05, 4.69) is 30.9 Å². The average molecular weight is 286 g/mol. The van der Waals surface area contributed by atoms with Crippen LogP contribution in [0, 0.1) is 0 Å². The maximum atomic E-state index is 3.84. The molecule has 1 aliphatic carbocycles. The fraction of sp³-hybridized carbons (Fsp3) is 1.00. The van der Waals surface area contributed by atoms with Gasteiger partial charge in [-0.2, -0.15) is 11.8 Å². The average Bonchev–Trinajstić information content (AvgIpc) is 2.41. The van der Waals surface area contributed by atoms with Gasteiger partial charge in [0, 0.05) is 11.3 Å². The molecule has 0 aliphatic heterocycles. The second kappa shape index (κ2) is 12.1. The van der Waals surface area contributed by atoms with Gasteiger partial charge in [-0.1, -0.05) is 65.2 Å². The van der Waals surface area contributed by atoms with Crippen LogP contribution in [0.15, 0.2) is 0 Å². The Balaban J connectivity index is 2.48. The van der Waals surface area contributed by atoms with Gasteiger partial charge in [-0.05, 0) is 31.6 Å². The molecular weight excluding hydrogens is 250 g/mol. The predicted octanol–water partition coefficient (Wildman–Crippen LogP) is 5.39. The van der Waals surface area contributed by atoms with E-state index in [0.29, 0.717) is 0 Å². The number of thioether (sulfide) groups is 1. The van der Waals surface area contributed by atoms with E-state index >= 15 is 0 Å². The Labute approximate surface area is 125 Å². The van der Waals surface area contributed by atoms with Crippen molar-refractivity contribution in [1.82, 2.24) is 5.32 Å². The maximum absolute atomic E-state index is 3.84. The lowest BCUT2D eigenvalue weighted by molar-refractivity contribution is 0.413. The molecule has 0 bridgehead atoms. The van der Waals surface area contributed by atoms with E-state index < -0.39 is 0 Å². The van der Waals surface area contributed by atoms with Gasteiger partial charge >= 0.3 is 0 Å². The normalized spacial score (nSPS) is 27.5. The SMILES string of the molecule is CCCNC1CCCCCCCCCCC1SCC. The highest BCUT2D eigenvalue weighted by molar-refractivity contribution is 7.99. The van der Waals surface area contributed by atoms with Crippen LogP contribution in [-0.4, -0.2) is 23.6 Å². The van der Waals surface area contributed by atoms with Crippen molar-refractivity contribution >= 4 is 11.8 Å². The molecule has 0 radical (unpaired) electrons. The lowest BCUT2D eigenvalue weighted by Gasteiger charge is -2.28. The van der Waals surface area contributed by atoms with Crippen LogP contribution in [0.2, 0.25) is 0 Å². The molecule has 1 fully saturated rings. The van der Waals surface area contributed by atoms with E-state index in [1.54, 1.807) is 0 Å². The van der Waals surface area contributed by atoms with Crippen LogP contribution in [0.4, 0.5) is 0 Å². The summed E-state index contributed by atoms with van der Waals surface area (Å²) in [5.74, 6) is 1.27. The summed E-state index contributed by atoms with van der Waals surface area (Å²) in [7, 11) is 0. The molecule has 19 heavy (non-hydrogen) atoms. The highest BCUT2D eigenvalue weighted by atomic mass is 32.2. The summed E-state index contributed by atoms with van der Waals surface area (Å²) < 4.78 is 0. The molecule has 0 saturated heterocycles. The third kappa shape index (κ3) is 8.24. The highest BCUT2D eigenvalue weighted by Crippen LogP contribution is 2.25. The fourth-order valence-corrected chi connectivity index (χ4v) is 4.36. The molecule has 1 N–H and O–H groups in total. The Morgan fingerprint density at radius 1 is 0.842 bits per heavy atom. The first-order valence-corrected chi connectivity index (χ1v) is 9.78. The summed E-state index contributed by atoms with van der Waals surface area (Å²) in [4.78, 5) is 0. The van der Waals surface area contributed by atoms with Crippen LogP contribution < -0.4 is 5.32 Å². The minimum absolute atomic E-state index is 0.768. The third-order valence-electron chi connectivity index (χ3n) is 4.24. The van der Waals surface area contributed by atoms with Crippen molar-refractivity contribution in [1.29, 1.82) is 0 Å². The van der Waals surface area contributed by atoms with E-state index in [0.717, 1.165) is 11.3 Å². The van der Waals surface area contributed by atoms with Gasteiger partial charge in [0.2, 0.25) is 0 Å². The standard InChI is InChI=1S/C17H35NS/c1-3-15-18-16-13-11-9-7-5-6-8-10-12-14-17(16)19-4-2/h16-18H,3-15H2,1-2H3. The van der Waals surface area contributed by atoms with Gasteiger partial charge in [-0.3, -0.25) is 0 Å². The molecule has 2 unspecified atom stereocenters. The van der Waals surface area contributed by atoms with Crippen LogP contribution in [0.5, 0.6) is 0 Å². The van der Waals surface area contributed by atoms with Crippen LogP contribution >= 0.6 is 11.8 Å². The molecule has 1 nitrogen and oxygen atoms in total. The zero-order chi connectivity index (χ0) is 13.8. The fourth-order valence-electron chi connectivity index (χ4n) is 3.13. The van der Waals surface area contributed by atoms with Gasteiger partial charge < -0.3 is 5.32 Å². The molecule has 1 saturated carbocycles. The molecule has 0 spiro atoms. The molecule has 2 atom stereocenters. The summed E-state index contributed by atoms with van der Waals surface area (Å²) >= 11 is 2.20. The monoisotopic (exact) mass is 285 g/mol. The van der Waals surface area contributed by atoms with Crippen molar-refractivity contribution in [2.24, 2.45) is 0 Å². The predicted molar refractivity (Wildman–Crippen MR) is 90.2 cm³/mol. The van der Waals surface area contributed by atoms with Crippen molar-refractivity contribution in [3.8, 4) is 0 Å². The van der Waals surface area contributed by atoms with Crippen LogP contribution in [0.3, 0.4) is 0 Å². The molecule has 1 aliphatic rings. The largest absolute Gasteiger partial charge is 0.313 e. The molecule has 1 rings (SSSR count). The second-order valence-corrected chi connectivity index (χ2v) is 7.48. The number of nitrogens with one attached hydrogen (secondary N) is 1. The van der Waals surface area contributed by atoms with Gasteiger partial charge in [0.15, 0.2) is 0 Å². The Morgan fingerprint density at radius 2 is 1.42 bits per heavy atom. The van der Waals surface area contributed by atoms with Crippen molar-refractivity contribution < 1.29 is 0 Å². The summed E-state index contributed by atoms with van der Waals surface area (Å²) in [6.45, 7) is 5.80. The lowest BCUT2D eigenvalue weighted by atomic mass is 9.97. The Kier molecular flexibility index (Phi) is 11.0. The highest BCUT2D eigenvalue weighted by Gasteiger charge is 2.20. The molecule has 0 aromatic rings. The van der Waals surface area contributed by atoms with Crippen molar-refractivity contribution in [2.75, 3.05) is 12.3 Å². The number of hydrogen-bond acceptors (Lipinski definition) is 2. The summed E-state index contributed by atoms with van der Waals surface area (Å²) in [6.07, 6.45) is 15.8. The van der Waals surface area contributed by atoms with E-state index in [9.17, 15) is 0 Å². The zero-order valence-corrected chi connectivity index (χ0v) is 14.1. The Morgan fingerprint density at radius 3 is 2.00 bits per heavy atom. The number of hydrogen-bond donors (Lipinski definition) is 1. The molecule has 2 heteroatoms. The molecule has 0 heterocycles. The minimum atomic E-state index is 0.768. The topological polar surface area (TPSA) is 12.0 Å². The van der Waals surface area contributed by atoms with Crippen molar-refractivity contribution in [2.45, 2.75) is 95.8 Å². The van der Waals surface area contributed by atoms with E-state index in [1.165, 1.54) is 82.9 Å². The third-order valence-corrected chi connectivity index (χ3v) is 5.57. The quantitative estimate of drug-likeness (QED) is 0.726. The van der Waals surface area contributed by atoms with Crippen molar-refractivity contribution in [3.05, 3.63) is 0 Å². The first kappa shape index (κ1) is 17.4. The van der Waals surface area contributed by atoms with Gasteiger partial charge in [-0.25, -0.2) is 0 Å². The van der Waals surface area contributed by atoms with Gasteiger partial charge in [0.1, 0.15) is 0 Å². The summed E-state index contributed by atoms with van der Waals surface area (Å²) in [6, 6.07) is 0.768. The minimum Gasteiger partial charge on any atom is -0.313 e. The van der Waals surface area contributed by atoms with Gasteiger partial charge in [0.05, 0.1) is 0 Å². The Bertz CT molecular complexity index is 196. The zero-order valence-electron chi connectivity index (χ0n) is 13.3. The van der Waals surface area contributed by atoms with E-state index in [-0.39, 0.29) is 0 Å². The van der Waals surface area contributed by atoms with Gasteiger partial charge in [-0.15, -0.1) is 0 Å². The summed E-state index contributed by atoms with van der Waals surface area (Å²) in [5.41, 5.74) is 0. The van der Waals surface area contributed by atoms with Crippen LogP contribution in [0.25, 0.3) is 0 Å². The first-order valence-electron chi connectivity index (χ1n) is 8.73. The first-order chi connectivity index (χ1) is 9.38. The smallest absolute Gasteiger partial charge is 0.0201 e. The molecule has 114 valence electrons.